The van der Waals surface area contributed by atoms with Gasteiger partial charge in [0.25, 0.3) is 0 Å². The molecule has 2 heterocycles. The Labute approximate surface area is 312 Å². The molecule has 0 bridgehead atoms. The van der Waals surface area contributed by atoms with E-state index in [1.165, 1.54) is 48.7 Å². The van der Waals surface area contributed by atoms with Crippen LogP contribution in [-0.4, -0.2) is 15.9 Å². The predicted molar refractivity (Wildman–Crippen MR) is 208 cm³/mol. The van der Waals surface area contributed by atoms with Crippen molar-refractivity contribution in [3.63, 3.8) is 0 Å². The van der Waals surface area contributed by atoms with Gasteiger partial charge < -0.3 is 5.11 Å². The Hall–Kier alpha value is -3.11. The standard InChI is InChI=1S/C31H30NS.C13H24O2.Ir/c1-19(2)16-22-10-12-23(13-11-22)30-21(5)26-14-15-32-29(31(26)33-30)25-17-24-8-6-7-9-27(24)28(18-25)20(3)4;1-5-10(6-2)12(14)9-13(15)11(7-3)8-4;/h6-15,18-20H,16H2,1-5H3;9-11,14H,5-8H2,1-4H3;/q-1;;/b;12-9-;. The molecular weight excluding hydrogens is 799 g/mol. The zero-order chi connectivity index (χ0) is 35.0. The SMILES string of the molecule is CCC(CC)C(=O)/C=C(\O)C(CC)CC.Cc1c(-c2ccc(CC(C)C)cc2)sc2c(-c3[c-]c4ccccc4c(C(C)C)c3)nccc12.[Ir]. The van der Waals surface area contributed by atoms with Gasteiger partial charge in [0.2, 0.25) is 0 Å². The maximum absolute atomic E-state index is 11.7. The average molecular weight is 853 g/mol. The summed E-state index contributed by atoms with van der Waals surface area (Å²) in [6.45, 7) is 19.4. The molecule has 0 atom stereocenters. The van der Waals surface area contributed by atoms with Gasteiger partial charge in [-0.25, -0.2) is 0 Å². The van der Waals surface area contributed by atoms with Crippen LogP contribution in [0, 0.1) is 30.7 Å². The molecule has 49 heavy (non-hydrogen) atoms. The van der Waals surface area contributed by atoms with E-state index in [4.69, 9.17) is 4.98 Å². The smallest absolute Gasteiger partial charge is 0.162 e. The van der Waals surface area contributed by atoms with E-state index in [0.717, 1.165) is 48.7 Å². The van der Waals surface area contributed by atoms with Gasteiger partial charge in [0.05, 0.1) is 5.76 Å². The van der Waals surface area contributed by atoms with Crippen molar-refractivity contribution in [3.05, 3.63) is 101 Å². The van der Waals surface area contributed by atoms with Crippen molar-refractivity contribution in [1.82, 2.24) is 4.98 Å². The minimum atomic E-state index is 0. The third kappa shape index (κ3) is 9.78. The zero-order valence-electron chi connectivity index (χ0n) is 30.8. The number of benzene rings is 3. The number of aryl methyl sites for hydroxylation is 1. The van der Waals surface area contributed by atoms with Gasteiger partial charge in [-0.1, -0.05) is 109 Å². The normalized spacial score (nSPS) is 11.8. The van der Waals surface area contributed by atoms with E-state index in [2.05, 4.69) is 101 Å². The number of fused-ring (bicyclic) bond motifs is 2. The van der Waals surface area contributed by atoms with Crippen molar-refractivity contribution >= 4 is 38.0 Å². The van der Waals surface area contributed by atoms with Gasteiger partial charge in [-0.15, -0.1) is 40.5 Å². The first-order valence-corrected chi connectivity index (χ1v) is 18.7. The summed E-state index contributed by atoms with van der Waals surface area (Å²) in [5.74, 6) is 1.66. The Bertz CT molecular complexity index is 1840. The van der Waals surface area contributed by atoms with Gasteiger partial charge in [-0.05, 0) is 79.0 Å². The number of allylic oxidation sites excluding steroid dienone is 2. The van der Waals surface area contributed by atoms with Crippen molar-refractivity contribution in [2.75, 3.05) is 0 Å². The molecule has 0 saturated heterocycles. The third-order valence-corrected chi connectivity index (χ3v) is 10.8. The zero-order valence-corrected chi connectivity index (χ0v) is 34.0. The minimum absolute atomic E-state index is 0. The van der Waals surface area contributed by atoms with E-state index >= 15 is 0 Å². The maximum Gasteiger partial charge on any atom is 0.162 e. The first kappa shape index (κ1) is 40.3. The summed E-state index contributed by atoms with van der Waals surface area (Å²) in [5.41, 5.74) is 7.51. The number of pyridine rings is 1. The molecule has 1 N–H and O–H groups in total. The van der Waals surface area contributed by atoms with E-state index < -0.39 is 0 Å². The molecule has 3 aromatic carbocycles. The van der Waals surface area contributed by atoms with Gasteiger partial charge in [0.15, 0.2) is 5.78 Å². The molecule has 0 amide bonds. The van der Waals surface area contributed by atoms with Crippen LogP contribution in [0.25, 0.3) is 42.6 Å². The first-order valence-electron chi connectivity index (χ1n) is 17.9. The van der Waals surface area contributed by atoms with Crippen molar-refractivity contribution in [3.8, 4) is 21.7 Å². The van der Waals surface area contributed by atoms with Crippen molar-refractivity contribution < 1.29 is 30.0 Å². The molecule has 0 unspecified atom stereocenters. The first-order chi connectivity index (χ1) is 23.0. The van der Waals surface area contributed by atoms with Crippen LogP contribution in [0.5, 0.6) is 0 Å². The molecule has 0 saturated carbocycles. The molecular formula is C44H54IrNO2S-. The number of aliphatic hydroxyl groups is 1. The van der Waals surface area contributed by atoms with Crippen LogP contribution in [0.2, 0.25) is 0 Å². The number of hydrogen-bond acceptors (Lipinski definition) is 4. The van der Waals surface area contributed by atoms with Gasteiger partial charge in [-0.2, -0.15) is 0 Å². The summed E-state index contributed by atoms with van der Waals surface area (Å²) >= 11 is 1.86. The molecule has 1 radical (unpaired) electrons. The van der Waals surface area contributed by atoms with Crippen molar-refractivity contribution in [2.24, 2.45) is 17.8 Å². The number of thiophene rings is 1. The van der Waals surface area contributed by atoms with Gasteiger partial charge in [-0.3, -0.25) is 9.78 Å². The van der Waals surface area contributed by atoms with Crippen molar-refractivity contribution in [2.45, 2.75) is 100 Å². The largest absolute Gasteiger partial charge is 0.512 e. The Morgan fingerprint density at radius 2 is 1.51 bits per heavy atom. The molecule has 3 nitrogen and oxygen atoms in total. The second-order valence-corrected chi connectivity index (χ2v) is 14.7. The average Bonchev–Trinajstić information content (AvgIpc) is 3.41. The van der Waals surface area contributed by atoms with Crippen LogP contribution in [-0.2, 0) is 31.3 Å². The fraction of sp³-hybridized carbons (Fsp3) is 0.409. The van der Waals surface area contributed by atoms with Crippen LogP contribution in [0.1, 0.15) is 104 Å². The fourth-order valence-corrected chi connectivity index (χ4v) is 7.83. The molecule has 2 aromatic heterocycles. The second kappa shape index (κ2) is 18.8. The Kier molecular flexibility index (Phi) is 15.4. The second-order valence-electron chi connectivity index (χ2n) is 13.7. The fourth-order valence-electron chi connectivity index (χ4n) is 6.52. The molecule has 5 heteroatoms. The number of carbonyl (C=O) groups is 1. The summed E-state index contributed by atoms with van der Waals surface area (Å²) in [7, 11) is 0. The number of nitrogens with zero attached hydrogens (tertiary/aromatic N) is 1. The Morgan fingerprint density at radius 1 is 0.878 bits per heavy atom. The summed E-state index contributed by atoms with van der Waals surface area (Å²) in [4.78, 5) is 17.9. The summed E-state index contributed by atoms with van der Waals surface area (Å²) in [5, 5.41) is 13.5. The predicted octanol–water partition coefficient (Wildman–Crippen LogP) is 13.1. The van der Waals surface area contributed by atoms with Gasteiger partial charge >= 0.3 is 0 Å². The molecule has 0 aliphatic rings. The van der Waals surface area contributed by atoms with Crippen LogP contribution < -0.4 is 0 Å². The van der Waals surface area contributed by atoms with Crippen LogP contribution in [0.4, 0.5) is 0 Å². The van der Waals surface area contributed by atoms with E-state index in [0.29, 0.717) is 11.8 Å². The molecule has 263 valence electrons. The molecule has 0 fully saturated rings. The molecule has 0 aliphatic carbocycles. The topological polar surface area (TPSA) is 50.2 Å². The van der Waals surface area contributed by atoms with Crippen LogP contribution >= 0.6 is 11.3 Å². The minimum Gasteiger partial charge on any atom is -0.512 e. The molecule has 0 aliphatic heterocycles. The Balaban J connectivity index is 0.000000347. The number of aromatic nitrogens is 1. The van der Waals surface area contributed by atoms with Crippen LogP contribution in [0.15, 0.2) is 78.7 Å². The van der Waals surface area contributed by atoms with Gasteiger partial charge in [0, 0.05) is 59.5 Å². The van der Waals surface area contributed by atoms with Gasteiger partial charge in [0.1, 0.15) is 0 Å². The maximum atomic E-state index is 11.7. The molecule has 5 aromatic rings. The summed E-state index contributed by atoms with van der Waals surface area (Å²) < 4.78 is 1.25. The Morgan fingerprint density at radius 3 is 2.10 bits per heavy atom. The quantitative estimate of drug-likeness (QED) is 0.0773. The molecule has 5 rings (SSSR count). The van der Waals surface area contributed by atoms with Crippen LogP contribution in [0.3, 0.4) is 0 Å². The van der Waals surface area contributed by atoms with E-state index in [9.17, 15) is 9.90 Å². The number of hydrogen-bond donors (Lipinski definition) is 1. The number of aliphatic hydroxyl groups excluding tert-OH is 1. The number of rotatable bonds is 12. The van der Waals surface area contributed by atoms with E-state index in [-0.39, 0.29) is 43.5 Å². The summed E-state index contributed by atoms with van der Waals surface area (Å²) in [6.07, 6.45) is 7.98. The summed E-state index contributed by atoms with van der Waals surface area (Å²) in [6, 6.07) is 25.8. The van der Waals surface area contributed by atoms with E-state index in [1.54, 1.807) is 0 Å². The van der Waals surface area contributed by atoms with Crippen molar-refractivity contribution in [1.29, 1.82) is 0 Å². The molecule has 0 spiro atoms. The monoisotopic (exact) mass is 853 g/mol. The van der Waals surface area contributed by atoms with E-state index in [1.807, 2.05) is 45.2 Å². The third-order valence-electron chi connectivity index (χ3n) is 9.48. The number of carbonyl (C=O) groups excluding carboxylic acids is 1. The number of ketones is 1.